The Labute approximate surface area is 152 Å². The highest BCUT2D eigenvalue weighted by Gasteiger charge is 2.67. The van der Waals surface area contributed by atoms with Gasteiger partial charge >= 0.3 is 17.8 Å². The molecule has 0 bridgehead atoms. The minimum Gasteiger partial charge on any atom is -0.497 e. The Morgan fingerprint density at radius 1 is 1.04 bits per heavy atom. The van der Waals surface area contributed by atoms with Crippen molar-refractivity contribution in [2.24, 2.45) is 0 Å². The molecule has 0 unspecified atom stereocenters. The van der Waals surface area contributed by atoms with Gasteiger partial charge in [-0.15, -0.1) is 0 Å². The number of pyridine rings is 1. The summed E-state index contributed by atoms with van der Waals surface area (Å²) in [6.07, 6.45) is -3.86. The number of benzene rings is 1. The van der Waals surface area contributed by atoms with Crippen molar-refractivity contribution in [2.75, 3.05) is 19.5 Å². The Morgan fingerprint density at radius 3 is 2.19 bits per heavy atom. The number of esters is 1. The quantitative estimate of drug-likeness (QED) is 0.585. The number of aromatic amines is 1. The largest absolute Gasteiger partial charge is 0.497 e. The molecule has 2 aromatic rings. The van der Waals surface area contributed by atoms with Gasteiger partial charge in [0.25, 0.3) is 11.7 Å². The minimum absolute atomic E-state index is 0.104. The maximum Gasteiger partial charge on any atom is 0.464 e. The fourth-order valence-corrected chi connectivity index (χ4v) is 2.20. The molecular weight excluding hydrogens is 367 g/mol. The van der Waals surface area contributed by atoms with E-state index >= 15 is 0 Å². The number of amides is 1. The molecule has 3 N–H and O–H groups in total. The van der Waals surface area contributed by atoms with Crippen LogP contribution in [0.2, 0.25) is 0 Å². The van der Waals surface area contributed by atoms with Gasteiger partial charge in [0.05, 0.1) is 20.4 Å². The number of H-pyrrole nitrogens is 1. The highest BCUT2D eigenvalue weighted by molar-refractivity contribution is 5.99. The van der Waals surface area contributed by atoms with Crippen LogP contribution < -0.4 is 20.4 Å². The predicted molar refractivity (Wildman–Crippen MR) is 87.9 cm³/mol. The number of nitrogens with one attached hydrogen (secondary N) is 3. The lowest BCUT2D eigenvalue weighted by molar-refractivity contribution is -0.363. The van der Waals surface area contributed by atoms with E-state index in [0.717, 1.165) is 7.11 Å². The number of ether oxygens (including phenoxy) is 2. The van der Waals surface area contributed by atoms with Gasteiger partial charge < -0.3 is 9.47 Å². The van der Waals surface area contributed by atoms with E-state index in [1.807, 2.05) is 5.32 Å². The van der Waals surface area contributed by atoms with Crippen LogP contribution in [0.15, 0.2) is 48.7 Å². The monoisotopic (exact) mass is 384 g/mol. The van der Waals surface area contributed by atoms with Crippen molar-refractivity contribution < 1.29 is 37.2 Å². The number of hydrogen-bond donors (Lipinski definition) is 2. The zero-order valence-electron chi connectivity index (χ0n) is 14.4. The smallest absolute Gasteiger partial charge is 0.464 e. The molecule has 0 saturated heterocycles. The summed E-state index contributed by atoms with van der Waals surface area (Å²) in [5.74, 6) is -2.60. The normalized spacial score (nSPS) is 13.2. The van der Waals surface area contributed by atoms with Crippen LogP contribution in [-0.2, 0) is 9.53 Å². The standard InChI is InChI=1S/C17H16F3N3O4/c1-26-12-8-6-11(7-9-12)14(24)23-16(15(25)27-2,17(18,19)20)22-13-5-3-4-10-21-13/h3-10H,1-2H3,(H,21,22)(H,23,24)/p+1/t16-/m0/s1. The molecule has 10 heteroatoms. The van der Waals surface area contributed by atoms with E-state index in [-0.39, 0.29) is 11.4 Å². The summed E-state index contributed by atoms with van der Waals surface area (Å²) in [4.78, 5) is 27.0. The summed E-state index contributed by atoms with van der Waals surface area (Å²) in [6.45, 7) is 0. The topological polar surface area (TPSA) is 90.8 Å². The van der Waals surface area contributed by atoms with E-state index < -0.39 is 23.7 Å². The number of aromatic nitrogens is 1. The molecule has 0 aliphatic rings. The van der Waals surface area contributed by atoms with Gasteiger partial charge in [-0.3, -0.25) is 10.1 Å². The van der Waals surface area contributed by atoms with Gasteiger partial charge in [0.15, 0.2) is 0 Å². The van der Waals surface area contributed by atoms with Crippen molar-refractivity contribution in [3.8, 4) is 5.75 Å². The number of rotatable bonds is 6. The molecule has 1 atom stereocenters. The van der Waals surface area contributed by atoms with E-state index in [0.29, 0.717) is 5.75 Å². The summed E-state index contributed by atoms with van der Waals surface area (Å²) in [7, 11) is 2.19. The Morgan fingerprint density at radius 2 is 1.70 bits per heavy atom. The van der Waals surface area contributed by atoms with Crippen LogP contribution in [0.1, 0.15) is 10.4 Å². The van der Waals surface area contributed by atoms with Crippen LogP contribution in [0.5, 0.6) is 5.75 Å². The molecule has 2 rings (SSSR count). The molecule has 0 radical (unpaired) electrons. The van der Waals surface area contributed by atoms with Crippen molar-refractivity contribution >= 4 is 17.7 Å². The third kappa shape index (κ3) is 4.27. The number of carbonyl (C=O) groups excluding carboxylic acids is 2. The molecule has 0 spiro atoms. The molecule has 1 amide bonds. The summed E-state index contributed by atoms with van der Waals surface area (Å²) in [5, 5.41) is 3.71. The molecule has 0 aliphatic carbocycles. The van der Waals surface area contributed by atoms with E-state index in [1.165, 1.54) is 55.8 Å². The van der Waals surface area contributed by atoms with Crippen LogP contribution in [0.25, 0.3) is 0 Å². The number of methoxy groups -OCH3 is 2. The van der Waals surface area contributed by atoms with Crippen molar-refractivity contribution in [1.82, 2.24) is 5.32 Å². The second kappa shape index (κ2) is 7.94. The summed E-state index contributed by atoms with van der Waals surface area (Å²) >= 11 is 0. The molecule has 144 valence electrons. The highest BCUT2D eigenvalue weighted by atomic mass is 19.4. The number of halogens is 3. The first-order chi connectivity index (χ1) is 12.7. The second-order valence-electron chi connectivity index (χ2n) is 5.32. The van der Waals surface area contributed by atoms with E-state index in [2.05, 4.69) is 9.72 Å². The molecule has 1 heterocycles. The number of carbonyl (C=O) groups is 2. The van der Waals surface area contributed by atoms with Crippen LogP contribution in [0, 0.1) is 0 Å². The molecule has 1 aromatic carbocycles. The average molecular weight is 384 g/mol. The molecule has 0 aliphatic heterocycles. The second-order valence-corrected chi connectivity index (χ2v) is 5.32. The number of hydrogen-bond acceptors (Lipinski definition) is 5. The fraction of sp³-hybridized carbons (Fsp3) is 0.235. The Kier molecular flexibility index (Phi) is 5.88. The molecule has 0 fully saturated rings. The molecule has 27 heavy (non-hydrogen) atoms. The Bertz CT molecular complexity index is 797. The molecule has 7 nitrogen and oxygen atoms in total. The van der Waals surface area contributed by atoms with Gasteiger partial charge in [0.1, 0.15) is 5.75 Å². The number of alkyl halides is 3. The van der Waals surface area contributed by atoms with Crippen LogP contribution in [0.3, 0.4) is 0 Å². The van der Waals surface area contributed by atoms with Gasteiger partial charge in [0, 0.05) is 11.6 Å². The van der Waals surface area contributed by atoms with Crippen molar-refractivity contribution in [1.29, 1.82) is 0 Å². The Hall–Kier alpha value is -3.30. The lowest BCUT2D eigenvalue weighted by atomic mass is 10.1. The van der Waals surface area contributed by atoms with Crippen molar-refractivity contribution in [3.05, 3.63) is 54.2 Å². The maximum absolute atomic E-state index is 13.9. The first-order valence-corrected chi connectivity index (χ1v) is 7.60. The highest BCUT2D eigenvalue weighted by Crippen LogP contribution is 2.32. The third-order valence-corrected chi connectivity index (χ3v) is 3.60. The van der Waals surface area contributed by atoms with Gasteiger partial charge in [-0.1, -0.05) is 6.07 Å². The van der Waals surface area contributed by atoms with Crippen molar-refractivity contribution in [3.63, 3.8) is 0 Å². The van der Waals surface area contributed by atoms with E-state index in [1.54, 1.807) is 5.32 Å². The predicted octanol–water partition coefficient (Wildman–Crippen LogP) is 1.78. The third-order valence-electron chi connectivity index (χ3n) is 3.60. The first-order valence-electron chi connectivity index (χ1n) is 7.60. The summed E-state index contributed by atoms with van der Waals surface area (Å²) in [5.41, 5.74) is -3.61. The molecule has 1 aromatic heterocycles. The van der Waals surface area contributed by atoms with Crippen LogP contribution in [0.4, 0.5) is 19.0 Å². The van der Waals surface area contributed by atoms with Crippen LogP contribution in [-0.4, -0.2) is 37.9 Å². The average Bonchev–Trinajstić information content (AvgIpc) is 2.66. The lowest BCUT2D eigenvalue weighted by Gasteiger charge is -2.30. The maximum atomic E-state index is 13.9. The van der Waals surface area contributed by atoms with E-state index in [9.17, 15) is 22.8 Å². The summed E-state index contributed by atoms with van der Waals surface area (Å²) in [6, 6.07) is 9.59. The summed E-state index contributed by atoms with van der Waals surface area (Å²) < 4.78 is 50.9. The van der Waals surface area contributed by atoms with Crippen molar-refractivity contribution in [2.45, 2.75) is 11.8 Å². The van der Waals surface area contributed by atoms with Gasteiger partial charge in [-0.05, 0) is 30.3 Å². The number of anilines is 1. The van der Waals surface area contributed by atoms with Crippen LogP contribution >= 0.6 is 0 Å². The zero-order valence-corrected chi connectivity index (χ0v) is 14.4. The molecular formula is C17H17F3N3O4+. The van der Waals surface area contributed by atoms with Gasteiger partial charge in [-0.25, -0.2) is 15.1 Å². The lowest BCUT2D eigenvalue weighted by Crippen LogP contribution is -2.69. The van der Waals surface area contributed by atoms with Gasteiger partial charge in [-0.2, -0.15) is 13.2 Å². The Balaban J connectivity index is 2.43. The minimum atomic E-state index is -5.22. The fourth-order valence-electron chi connectivity index (χ4n) is 2.20. The van der Waals surface area contributed by atoms with Gasteiger partial charge in [0.2, 0.25) is 0 Å². The molecule has 0 saturated carbocycles. The first kappa shape index (κ1) is 20.0. The zero-order chi connectivity index (χ0) is 20.1. The SMILES string of the molecule is COC(=O)[C@@](NC(=O)c1ccc(OC)cc1)(Nc1cccc[nH+]1)C(F)(F)F. The van der Waals surface area contributed by atoms with E-state index in [4.69, 9.17) is 4.74 Å².